The second-order valence-electron chi connectivity index (χ2n) is 7.81. The molecular weight excluding hydrogens is 326 g/mol. The third-order valence-electron chi connectivity index (χ3n) is 6.16. The summed E-state index contributed by atoms with van der Waals surface area (Å²) in [6.45, 7) is 4.65. The minimum absolute atomic E-state index is 0.172. The summed E-state index contributed by atoms with van der Waals surface area (Å²) < 4.78 is 0. The number of nitrogens with zero attached hydrogens (tertiary/aromatic N) is 1. The highest BCUT2D eigenvalue weighted by atomic mass is 14.9. The van der Waals surface area contributed by atoms with Crippen LogP contribution in [-0.2, 0) is 5.41 Å². The molecule has 0 fully saturated rings. The highest BCUT2D eigenvalue weighted by Crippen LogP contribution is 2.53. The van der Waals surface area contributed by atoms with Gasteiger partial charge in [-0.25, -0.2) is 0 Å². The van der Waals surface area contributed by atoms with Crippen LogP contribution in [0.4, 0.5) is 0 Å². The first-order valence-corrected chi connectivity index (χ1v) is 9.70. The lowest BCUT2D eigenvalue weighted by Gasteiger charge is -2.39. The van der Waals surface area contributed by atoms with E-state index in [9.17, 15) is 0 Å². The Kier molecular flexibility index (Phi) is 3.65. The van der Waals surface area contributed by atoms with Gasteiger partial charge >= 0.3 is 0 Å². The number of hydrogen-bond acceptors (Lipinski definition) is 1. The van der Waals surface area contributed by atoms with Gasteiger partial charge in [-0.3, -0.25) is 4.99 Å². The Bertz CT molecular complexity index is 1050. The van der Waals surface area contributed by atoms with Crippen molar-refractivity contribution in [1.29, 1.82) is 0 Å². The molecule has 0 spiro atoms. The molecule has 132 valence electrons. The third-order valence-corrected chi connectivity index (χ3v) is 6.16. The molecule has 27 heavy (non-hydrogen) atoms. The molecule has 0 N–H and O–H groups in total. The summed E-state index contributed by atoms with van der Waals surface area (Å²) in [4.78, 5) is 5.35. The molecule has 0 aromatic heterocycles. The van der Waals surface area contributed by atoms with Crippen LogP contribution in [0.15, 0.2) is 96.0 Å². The monoisotopic (exact) mass is 349 g/mol. The van der Waals surface area contributed by atoms with Gasteiger partial charge in [0.15, 0.2) is 0 Å². The fraction of sp³-hybridized carbons (Fsp3) is 0.192. The van der Waals surface area contributed by atoms with Gasteiger partial charge in [0.1, 0.15) is 0 Å². The van der Waals surface area contributed by atoms with Crippen LogP contribution in [0.25, 0.3) is 5.57 Å². The van der Waals surface area contributed by atoms with Crippen molar-refractivity contribution in [2.45, 2.75) is 25.3 Å². The number of benzene rings is 3. The summed E-state index contributed by atoms with van der Waals surface area (Å²) in [5.41, 5.74) is 7.55. The lowest BCUT2D eigenvalue weighted by atomic mass is 9.66. The molecule has 6 rings (SSSR count). The first-order valence-electron chi connectivity index (χ1n) is 9.70. The minimum atomic E-state index is -0.263. The van der Waals surface area contributed by atoms with E-state index in [0.717, 1.165) is 0 Å². The molecule has 3 aliphatic rings. The molecule has 2 aliphatic heterocycles. The van der Waals surface area contributed by atoms with Gasteiger partial charge in [-0.15, -0.1) is 0 Å². The van der Waals surface area contributed by atoms with E-state index in [0.29, 0.717) is 5.92 Å². The quantitative estimate of drug-likeness (QED) is 0.521. The molecule has 0 amide bonds. The Hall–Kier alpha value is -2.93. The SMILES string of the molecule is CC1C=C(c2ccccc2)C2(C)C(c3ccccc3)=NC1c1ccccc12. The number of rotatable bonds is 2. The summed E-state index contributed by atoms with van der Waals surface area (Å²) >= 11 is 0. The fourth-order valence-corrected chi connectivity index (χ4v) is 4.83. The van der Waals surface area contributed by atoms with Gasteiger partial charge in [-0.1, -0.05) is 97.9 Å². The van der Waals surface area contributed by atoms with Crippen LogP contribution in [0.1, 0.15) is 42.1 Å². The van der Waals surface area contributed by atoms with Crippen molar-refractivity contribution in [2.24, 2.45) is 10.9 Å². The molecule has 0 saturated carbocycles. The van der Waals surface area contributed by atoms with Crippen LogP contribution in [-0.4, -0.2) is 5.71 Å². The zero-order valence-corrected chi connectivity index (χ0v) is 15.8. The maximum absolute atomic E-state index is 5.35. The smallest absolute Gasteiger partial charge is 0.0816 e. The van der Waals surface area contributed by atoms with E-state index in [1.54, 1.807) is 0 Å². The maximum atomic E-state index is 5.35. The highest BCUT2D eigenvalue weighted by molar-refractivity contribution is 6.17. The summed E-state index contributed by atoms with van der Waals surface area (Å²) in [6, 6.07) is 30.6. The van der Waals surface area contributed by atoms with Gasteiger partial charge in [-0.2, -0.15) is 0 Å². The van der Waals surface area contributed by atoms with Crippen molar-refractivity contribution in [1.82, 2.24) is 0 Å². The largest absolute Gasteiger partial charge is 0.279 e. The van der Waals surface area contributed by atoms with E-state index in [1.165, 1.54) is 33.5 Å². The first kappa shape index (κ1) is 16.3. The molecule has 1 aliphatic carbocycles. The normalized spacial score (nSPS) is 26.0. The van der Waals surface area contributed by atoms with E-state index >= 15 is 0 Å². The van der Waals surface area contributed by atoms with Gasteiger partial charge < -0.3 is 0 Å². The molecule has 3 aromatic carbocycles. The molecule has 0 radical (unpaired) electrons. The van der Waals surface area contributed by atoms with Crippen LogP contribution in [0.2, 0.25) is 0 Å². The van der Waals surface area contributed by atoms with Crippen molar-refractivity contribution >= 4 is 11.3 Å². The van der Waals surface area contributed by atoms with Gasteiger partial charge in [-0.05, 0) is 34.8 Å². The molecule has 2 heterocycles. The Morgan fingerprint density at radius 1 is 0.741 bits per heavy atom. The van der Waals surface area contributed by atoms with Crippen LogP contribution in [0.3, 0.4) is 0 Å². The van der Waals surface area contributed by atoms with Crippen molar-refractivity contribution in [3.8, 4) is 0 Å². The van der Waals surface area contributed by atoms with Crippen LogP contribution >= 0.6 is 0 Å². The number of fused-ring (bicyclic) bond motifs is 1. The van der Waals surface area contributed by atoms with Crippen molar-refractivity contribution in [2.75, 3.05) is 0 Å². The highest BCUT2D eigenvalue weighted by Gasteiger charge is 2.46. The van der Waals surface area contributed by atoms with E-state index in [1.807, 2.05) is 0 Å². The second-order valence-corrected chi connectivity index (χ2v) is 7.81. The van der Waals surface area contributed by atoms with Gasteiger partial charge in [0, 0.05) is 5.92 Å². The van der Waals surface area contributed by atoms with E-state index in [2.05, 4.69) is 105 Å². The Balaban J connectivity index is 1.85. The average Bonchev–Trinajstić information content (AvgIpc) is 2.90. The number of aliphatic imine (C=N–C) groups is 1. The lowest BCUT2D eigenvalue weighted by molar-refractivity contribution is 0.559. The predicted octanol–water partition coefficient (Wildman–Crippen LogP) is 6.22. The zero-order chi connectivity index (χ0) is 18.4. The topological polar surface area (TPSA) is 12.4 Å². The zero-order valence-electron chi connectivity index (χ0n) is 15.8. The van der Waals surface area contributed by atoms with Gasteiger partial charge in [0.2, 0.25) is 0 Å². The van der Waals surface area contributed by atoms with Crippen LogP contribution in [0.5, 0.6) is 0 Å². The van der Waals surface area contributed by atoms with E-state index < -0.39 is 0 Å². The van der Waals surface area contributed by atoms with Crippen LogP contribution in [0, 0.1) is 5.92 Å². The minimum Gasteiger partial charge on any atom is -0.279 e. The van der Waals surface area contributed by atoms with Gasteiger partial charge in [0.05, 0.1) is 17.2 Å². The second kappa shape index (κ2) is 6.06. The Morgan fingerprint density at radius 3 is 2.04 bits per heavy atom. The van der Waals surface area contributed by atoms with Crippen molar-refractivity contribution < 1.29 is 0 Å². The molecule has 1 nitrogen and oxygen atoms in total. The number of allylic oxidation sites excluding steroid dienone is 1. The predicted molar refractivity (Wildman–Crippen MR) is 113 cm³/mol. The van der Waals surface area contributed by atoms with Crippen molar-refractivity contribution in [3.05, 3.63) is 113 Å². The lowest BCUT2D eigenvalue weighted by Crippen LogP contribution is -2.38. The fourth-order valence-electron chi connectivity index (χ4n) is 4.83. The molecule has 3 unspecified atom stereocenters. The Labute approximate surface area is 161 Å². The maximum Gasteiger partial charge on any atom is 0.0816 e. The standard InChI is InChI=1S/C26H23N/c1-18-17-23(19-11-5-3-6-12-19)26(2)22-16-10-9-15-21(22)24(18)27-25(26)20-13-7-4-8-14-20/h3-18,24H,1-2H3. The third kappa shape index (κ3) is 2.35. The van der Waals surface area contributed by atoms with Gasteiger partial charge in [0.25, 0.3) is 0 Å². The summed E-state index contributed by atoms with van der Waals surface area (Å²) in [7, 11) is 0. The molecule has 0 saturated heterocycles. The summed E-state index contributed by atoms with van der Waals surface area (Å²) in [5.74, 6) is 0.351. The molecule has 1 heteroatoms. The first-order chi connectivity index (χ1) is 13.2. The Morgan fingerprint density at radius 2 is 1.33 bits per heavy atom. The molecule has 3 aromatic rings. The summed E-state index contributed by atoms with van der Waals surface area (Å²) in [5, 5.41) is 0. The van der Waals surface area contributed by atoms with E-state index in [-0.39, 0.29) is 11.5 Å². The van der Waals surface area contributed by atoms with Crippen LogP contribution < -0.4 is 0 Å². The van der Waals surface area contributed by atoms with Crippen molar-refractivity contribution in [3.63, 3.8) is 0 Å². The molecule has 3 atom stereocenters. The molecule has 2 bridgehead atoms. The molecular formula is C26H23N. The number of hydrogen-bond donors (Lipinski definition) is 0. The average molecular weight is 349 g/mol. The summed E-state index contributed by atoms with van der Waals surface area (Å²) in [6.07, 6.45) is 2.46. The van der Waals surface area contributed by atoms with E-state index in [4.69, 9.17) is 4.99 Å².